The number of nitrogens with zero attached hydrogens (tertiary/aromatic N) is 2. The maximum atomic E-state index is 13.1. The number of rotatable bonds is 5. The van der Waals surface area contributed by atoms with Gasteiger partial charge in [0.15, 0.2) is 0 Å². The van der Waals surface area contributed by atoms with E-state index in [0.29, 0.717) is 30.0 Å². The lowest BCUT2D eigenvalue weighted by Gasteiger charge is -2.32. The van der Waals surface area contributed by atoms with Crippen molar-refractivity contribution in [3.8, 4) is 0 Å². The molecular formula is C20H25ClN4O2. The molecule has 0 bridgehead atoms. The summed E-state index contributed by atoms with van der Waals surface area (Å²) in [5.41, 5.74) is 1.02. The van der Waals surface area contributed by atoms with Crippen molar-refractivity contribution >= 4 is 29.2 Å². The zero-order valence-electron chi connectivity index (χ0n) is 15.3. The molecular weight excluding hydrogens is 364 g/mol. The number of H-pyrrole nitrogens is 1. The van der Waals surface area contributed by atoms with Crippen LogP contribution in [0.4, 0.5) is 5.95 Å². The molecule has 2 heterocycles. The number of amides is 1. The number of anilines is 1. The lowest BCUT2D eigenvalue weighted by atomic mass is 9.84. The maximum Gasteiger partial charge on any atom is 0.249 e. The van der Waals surface area contributed by atoms with E-state index in [4.69, 9.17) is 11.6 Å². The molecule has 27 heavy (non-hydrogen) atoms. The van der Waals surface area contributed by atoms with Gasteiger partial charge >= 0.3 is 0 Å². The van der Waals surface area contributed by atoms with Gasteiger partial charge in [-0.05, 0) is 17.9 Å². The second kappa shape index (κ2) is 7.89. The molecule has 1 fully saturated rings. The summed E-state index contributed by atoms with van der Waals surface area (Å²) in [4.78, 5) is 34.3. The van der Waals surface area contributed by atoms with E-state index in [9.17, 15) is 9.59 Å². The van der Waals surface area contributed by atoms with Crippen LogP contribution in [0, 0.1) is 11.8 Å². The number of aromatic amines is 1. The number of ketones is 1. The molecule has 2 atom stereocenters. The lowest BCUT2D eigenvalue weighted by Crippen LogP contribution is -2.43. The molecule has 3 aliphatic rings. The molecule has 2 N–H and O–H groups in total. The molecule has 0 saturated heterocycles. The molecule has 1 aromatic heterocycles. The van der Waals surface area contributed by atoms with Crippen LogP contribution in [0.2, 0.25) is 5.15 Å². The predicted molar refractivity (Wildman–Crippen MR) is 104 cm³/mol. The van der Waals surface area contributed by atoms with Gasteiger partial charge in [-0.15, -0.1) is 0 Å². The van der Waals surface area contributed by atoms with E-state index in [0.717, 1.165) is 12.0 Å². The highest BCUT2D eigenvalue weighted by Crippen LogP contribution is 2.34. The number of hydrogen-bond acceptors (Lipinski definition) is 4. The predicted octanol–water partition coefficient (Wildman–Crippen LogP) is 3.69. The maximum absolute atomic E-state index is 13.1. The Kier molecular flexibility index (Phi) is 5.34. The van der Waals surface area contributed by atoms with Crippen LogP contribution in [0.1, 0.15) is 44.9 Å². The fraction of sp³-hybridized carbons (Fsp3) is 0.550. The summed E-state index contributed by atoms with van der Waals surface area (Å²) in [6.45, 7) is 0.586. The summed E-state index contributed by atoms with van der Waals surface area (Å²) in [5.74, 6) is 0.940. The van der Waals surface area contributed by atoms with Crippen molar-refractivity contribution in [2.75, 3.05) is 11.9 Å². The third kappa shape index (κ3) is 4.10. The zero-order valence-corrected chi connectivity index (χ0v) is 16.0. The number of allylic oxidation sites excluding steroid dienone is 2. The number of carbonyl (C=O) groups is 2. The Labute approximate surface area is 164 Å². The van der Waals surface area contributed by atoms with E-state index in [1.807, 2.05) is 18.4 Å². The number of hydrogen-bond donors (Lipinski definition) is 2. The molecule has 7 heteroatoms. The first-order valence-electron chi connectivity index (χ1n) is 9.78. The molecule has 144 valence electrons. The molecule has 6 nitrogen and oxygen atoms in total. The number of aromatic nitrogens is 2. The highest BCUT2D eigenvalue weighted by atomic mass is 35.5. The molecule has 0 aromatic carbocycles. The molecule has 1 saturated carbocycles. The van der Waals surface area contributed by atoms with E-state index >= 15 is 0 Å². The van der Waals surface area contributed by atoms with Gasteiger partial charge in [0.1, 0.15) is 17.0 Å². The summed E-state index contributed by atoms with van der Waals surface area (Å²) in [6, 6.07) is -0.309. The van der Waals surface area contributed by atoms with Gasteiger partial charge in [-0.1, -0.05) is 55.9 Å². The van der Waals surface area contributed by atoms with Crippen molar-refractivity contribution in [3.05, 3.63) is 35.3 Å². The summed E-state index contributed by atoms with van der Waals surface area (Å²) >= 11 is 5.87. The van der Waals surface area contributed by atoms with Gasteiger partial charge in [0.2, 0.25) is 11.9 Å². The third-order valence-electron chi connectivity index (χ3n) is 5.90. The first-order valence-corrected chi connectivity index (χ1v) is 10.2. The van der Waals surface area contributed by atoms with E-state index in [1.165, 1.54) is 38.3 Å². The average Bonchev–Trinajstić information content (AvgIpc) is 3.27. The number of fused-ring (bicyclic) bond motifs is 1. The smallest absolute Gasteiger partial charge is 0.249 e. The van der Waals surface area contributed by atoms with Gasteiger partial charge < -0.3 is 9.88 Å². The Morgan fingerprint density at radius 3 is 2.89 bits per heavy atom. The van der Waals surface area contributed by atoms with Crippen LogP contribution in [0.15, 0.2) is 30.1 Å². The van der Waals surface area contributed by atoms with Gasteiger partial charge in [0.05, 0.1) is 12.1 Å². The largest absolute Gasteiger partial charge is 0.364 e. The molecule has 1 aromatic rings. The summed E-state index contributed by atoms with van der Waals surface area (Å²) in [6.07, 6.45) is 14.8. The number of Topliss-reactive ketones (excluding diaryl/α,β-unsaturated/α-hetero) is 1. The van der Waals surface area contributed by atoms with Gasteiger partial charge in [-0.3, -0.25) is 14.9 Å². The lowest BCUT2D eigenvalue weighted by molar-refractivity contribution is -0.123. The first kappa shape index (κ1) is 18.3. The average molecular weight is 389 g/mol. The number of nitrogens with one attached hydrogen (secondary N) is 2. The molecule has 1 amide bonds. The summed E-state index contributed by atoms with van der Waals surface area (Å²) < 4.78 is 0. The Morgan fingerprint density at radius 2 is 2.19 bits per heavy atom. The van der Waals surface area contributed by atoms with Crippen molar-refractivity contribution in [2.24, 2.45) is 11.8 Å². The number of halogens is 1. The monoisotopic (exact) mass is 388 g/mol. The van der Waals surface area contributed by atoms with Crippen LogP contribution >= 0.6 is 11.6 Å². The fourth-order valence-corrected chi connectivity index (χ4v) is 4.60. The van der Waals surface area contributed by atoms with E-state index in [-0.39, 0.29) is 23.7 Å². The second-order valence-electron chi connectivity index (χ2n) is 7.78. The number of imidazole rings is 1. The Bertz CT molecular complexity index is 779. The normalized spacial score (nSPS) is 23.9. The van der Waals surface area contributed by atoms with Crippen LogP contribution < -0.4 is 5.32 Å². The van der Waals surface area contributed by atoms with Gasteiger partial charge in [0, 0.05) is 19.2 Å². The van der Waals surface area contributed by atoms with Crippen LogP contribution in [-0.2, 0) is 9.59 Å². The molecule has 0 radical (unpaired) electrons. The standard InChI is InChI=1S/C20H25ClN4O2/c21-18-10-22-20(23-18)24-19(27)16(9-13-5-2-1-3-6-13)25-11-14-7-4-8-17(26)15(14)12-25/h4,7,10-11,13,15-16H,1-3,5-6,8-9,12H2,(H2,22,23,24,27)/t15?,16-/m0/s1. The summed E-state index contributed by atoms with van der Waals surface area (Å²) in [5, 5.41) is 3.25. The van der Waals surface area contributed by atoms with Crippen molar-refractivity contribution in [1.29, 1.82) is 0 Å². The Hall–Kier alpha value is -2.08. The molecule has 1 unspecified atom stereocenters. The molecule has 4 rings (SSSR count). The van der Waals surface area contributed by atoms with Crippen LogP contribution in [0.25, 0.3) is 0 Å². The minimum atomic E-state index is -0.309. The van der Waals surface area contributed by atoms with Crippen LogP contribution in [0.5, 0.6) is 0 Å². The van der Waals surface area contributed by atoms with Crippen LogP contribution in [0.3, 0.4) is 0 Å². The zero-order chi connectivity index (χ0) is 18.8. The van der Waals surface area contributed by atoms with E-state index in [1.54, 1.807) is 0 Å². The van der Waals surface area contributed by atoms with Gasteiger partial charge in [-0.25, -0.2) is 4.98 Å². The summed E-state index contributed by atoms with van der Waals surface area (Å²) in [7, 11) is 0. The Morgan fingerprint density at radius 1 is 1.37 bits per heavy atom. The highest BCUT2D eigenvalue weighted by molar-refractivity contribution is 6.29. The van der Waals surface area contributed by atoms with Gasteiger partial charge in [-0.2, -0.15) is 0 Å². The third-order valence-corrected chi connectivity index (χ3v) is 6.09. The SMILES string of the molecule is O=C1CC=CC2=CN([C@@H](CC3CCCCC3)C(=O)Nc3ncc(Cl)[nH]3)CC12. The topological polar surface area (TPSA) is 78.1 Å². The quantitative estimate of drug-likeness (QED) is 0.806. The van der Waals surface area contributed by atoms with E-state index in [2.05, 4.69) is 20.2 Å². The Balaban J connectivity index is 1.52. The molecule has 2 aliphatic carbocycles. The number of carbonyl (C=O) groups excluding carboxylic acids is 2. The minimum absolute atomic E-state index is 0.0986. The van der Waals surface area contributed by atoms with Crippen molar-refractivity contribution in [2.45, 2.75) is 51.0 Å². The van der Waals surface area contributed by atoms with Crippen molar-refractivity contribution in [3.63, 3.8) is 0 Å². The van der Waals surface area contributed by atoms with Gasteiger partial charge in [0.25, 0.3) is 0 Å². The van der Waals surface area contributed by atoms with Crippen LogP contribution in [-0.4, -0.2) is 39.1 Å². The van der Waals surface area contributed by atoms with E-state index < -0.39 is 0 Å². The second-order valence-corrected chi connectivity index (χ2v) is 8.18. The van der Waals surface area contributed by atoms with Crippen molar-refractivity contribution < 1.29 is 9.59 Å². The minimum Gasteiger partial charge on any atom is -0.364 e. The molecule has 0 spiro atoms. The fourth-order valence-electron chi connectivity index (χ4n) is 4.46. The first-order chi connectivity index (χ1) is 13.1. The van der Waals surface area contributed by atoms with Crippen molar-refractivity contribution in [1.82, 2.24) is 14.9 Å². The molecule has 1 aliphatic heterocycles. The highest BCUT2D eigenvalue weighted by Gasteiger charge is 2.37.